The van der Waals surface area contributed by atoms with E-state index in [1.165, 1.54) is 25.7 Å². The maximum atomic E-state index is 11.6. The molecule has 0 aromatic carbocycles. The largest absolute Gasteiger partial charge is 0.310 e. The third kappa shape index (κ3) is 3.97. The van der Waals surface area contributed by atoms with Gasteiger partial charge in [0.25, 0.3) is 5.56 Å². The van der Waals surface area contributed by atoms with Gasteiger partial charge in [0.15, 0.2) is 0 Å². The number of aromatic amines is 1. The average molecular weight is 250 g/mol. The molecule has 0 saturated carbocycles. The average Bonchev–Trinajstić information content (AvgIpc) is 2.33. The molecule has 1 unspecified atom stereocenters. The second-order valence-electron chi connectivity index (χ2n) is 5.46. The Hall–Kier alpha value is -1.12. The van der Waals surface area contributed by atoms with Crippen LogP contribution in [0.25, 0.3) is 0 Å². The summed E-state index contributed by atoms with van der Waals surface area (Å²) in [6.45, 7) is 8.48. The van der Waals surface area contributed by atoms with E-state index in [-0.39, 0.29) is 11.0 Å². The van der Waals surface area contributed by atoms with Gasteiger partial charge in [-0.3, -0.25) is 4.79 Å². The fourth-order valence-electron chi connectivity index (χ4n) is 2.27. The van der Waals surface area contributed by atoms with E-state index in [1.54, 1.807) is 6.07 Å². The van der Waals surface area contributed by atoms with Crippen molar-refractivity contribution >= 4 is 0 Å². The minimum atomic E-state index is -0.0364. The van der Waals surface area contributed by atoms with E-state index >= 15 is 0 Å². The van der Waals surface area contributed by atoms with Crippen LogP contribution in [-0.2, 0) is 5.41 Å². The van der Waals surface area contributed by atoms with Crippen molar-refractivity contribution in [2.24, 2.45) is 0 Å². The normalized spacial score (nSPS) is 14.4. The molecule has 102 valence electrons. The SMILES string of the molecule is CCCCCCC(C)(CC)c1nc(C)cc(=O)[nH]1. The van der Waals surface area contributed by atoms with E-state index in [0.717, 1.165) is 24.4 Å². The lowest BCUT2D eigenvalue weighted by molar-refractivity contribution is 0.373. The van der Waals surface area contributed by atoms with Crippen LogP contribution >= 0.6 is 0 Å². The number of aromatic nitrogens is 2. The lowest BCUT2D eigenvalue weighted by atomic mass is 9.81. The number of H-pyrrole nitrogens is 1. The molecule has 0 aliphatic rings. The van der Waals surface area contributed by atoms with Crippen LogP contribution < -0.4 is 5.56 Å². The molecule has 0 aliphatic carbocycles. The highest BCUT2D eigenvalue weighted by Crippen LogP contribution is 2.30. The molecule has 1 heterocycles. The lowest BCUT2D eigenvalue weighted by Crippen LogP contribution is -2.27. The van der Waals surface area contributed by atoms with Crippen molar-refractivity contribution in [1.82, 2.24) is 9.97 Å². The van der Waals surface area contributed by atoms with E-state index in [0.29, 0.717) is 0 Å². The van der Waals surface area contributed by atoms with Gasteiger partial charge in [0, 0.05) is 17.2 Å². The monoisotopic (exact) mass is 250 g/mol. The summed E-state index contributed by atoms with van der Waals surface area (Å²) in [7, 11) is 0. The minimum Gasteiger partial charge on any atom is -0.310 e. The van der Waals surface area contributed by atoms with Crippen LogP contribution in [0.2, 0.25) is 0 Å². The van der Waals surface area contributed by atoms with E-state index in [4.69, 9.17) is 0 Å². The zero-order chi connectivity index (χ0) is 13.6. The van der Waals surface area contributed by atoms with Crippen LogP contribution in [0.3, 0.4) is 0 Å². The van der Waals surface area contributed by atoms with Gasteiger partial charge in [-0.05, 0) is 19.8 Å². The molecule has 3 nitrogen and oxygen atoms in total. The Morgan fingerprint density at radius 1 is 1.28 bits per heavy atom. The zero-order valence-electron chi connectivity index (χ0n) is 12.2. The van der Waals surface area contributed by atoms with Crippen LogP contribution in [0.4, 0.5) is 0 Å². The van der Waals surface area contributed by atoms with E-state index in [1.807, 2.05) is 6.92 Å². The number of aryl methyl sites for hydroxylation is 1. The molecular formula is C15H26N2O. The number of hydrogen-bond donors (Lipinski definition) is 1. The number of hydrogen-bond acceptors (Lipinski definition) is 2. The Labute approximate surface area is 110 Å². The Bertz CT molecular complexity index is 425. The standard InChI is InChI=1S/C15H26N2O/c1-5-7-8-9-10-15(4,6-2)14-16-12(3)11-13(18)17-14/h11H,5-10H2,1-4H3,(H,16,17,18). The summed E-state index contributed by atoms with van der Waals surface area (Å²) in [6.07, 6.45) is 7.11. The first-order valence-corrected chi connectivity index (χ1v) is 7.10. The van der Waals surface area contributed by atoms with E-state index in [9.17, 15) is 4.79 Å². The van der Waals surface area contributed by atoms with Crippen LogP contribution in [0.5, 0.6) is 0 Å². The highest BCUT2D eigenvalue weighted by Gasteiger charge is 2.26. The summed E-state index contributed by atoms with van der Waals surface area (Å²) in [6, 6.07) is 1.55. The van der Waals surface area contributed by atoms with Crippen molar-refractivity contribution in [2.75, 3.05) is 0 Å². The summed E-state index contributed by atoms with van der Waals surface area (Å²) < 4.78 is 0. The van der Waals surface area contributed by atoms with Crippen LogP contribution in [0.1, 0.15) is 70.8 Å². The summed E-state index contributed by atoms with van der Waals surface area (Å²) in [4.78, 5) is 19.0. The first kappa shape index (κ1) is 14.9. The van der Waals surface area contributed by atoms with Gasteiger partial charge < -0.3 is 4.98 Å². The molecule has 0 fully saturated rings. The third-order valence-electron chi connectivity index (χ3n) is 3.80. The molecule has 0 radical (unpaired) electrons. The van der Waals surface area contributed by atoms with Crippen molar-refractivity contribution in [2.45, 2.75) is 71.6 Å². The Morgan fingerprint density at radius 2 is 2.00 bits per heavy atom. The van der Waals surface area contributed by atoms with Gasteiger partial charge in [0.05, 0.1) is 0 Å². The van der Waals surface area contributed by atoms with Crippen molar-refractivity contribution in [1.29, 1.82) is 0 Å². The van der Waals surface area contributed by atoms with Crippen LogP contribution in [0, 0.1) is 6.92 Å². The Morgan fingerprint density at radius 3 is 2.56 bits per heavy atom. The number of nitrogens with zero attached hydrogens (tertiary/aromatic N) is 1. The molecule has 1 aromatic heterocycles. The molecule has 3 heteroatoms. The fourth-order valence-corrected chi connectivity index (χ4v) is 2.27. The fraction of sp³-hybridized carbons (Fsp3) is 0.733. The van der Waals surface area contributed by atoms with Gasteiger partial charge in [-0.25, -0.2) is 4.98 Å². The molecule has 18 heavy (non-hydrogen) atoms. The van der Waals surface area contributed by atoms with Crippen LogP contribution in [-0.4, -0.2) is 9.97 Å². The van der Waals surface area contributed by atoms with Crippen molar-refractivity contribution in [3.8, 4) is 0 Å². The number of unbranched alkanes of at least 4 members (excludes halogenated alkanes) is 3. The lowest BCUT2D eigenvalue weighted by Gasteiger charge is -2.27. The summed E-state index contributed by atoms with van der Waals surface area (Å²) >= 11 is 0. The van der Waals surface area contributed by atoms with Gasteiger partial charge in [-0.2, -0.15) is 0 Å². The third-order valence-corrected chi connectivity index (χ3v) is 3.80. The molecule has 1 aromatic rings. The molecule has 1 rings (SSSR count). The predicted octanol–water partition coefficient (Wildman–Crippen LogP) is 3.72. The molecule has 0 aliphatic heterocycles. The molecule has 0 bridgehead atoms. The first-order chi connectivity index (χ1) is 8.51. The van der Waals surface area contributed by atoms with Gasteiger partial charge in [-0.15, -0.1) is 0 Å². The highest BCUT2D eigenvalue weighted by molar-refractivity contribution is 5.09. The van der Waals surface area contributed by atoms with Gasteiger partial charge in [0.1, 0.15) is 5.82 Å². The summed E-state index contributed by atoms with van der Waals surface area (Å²) in [5, 5.41) is 0. The molecule has 0 spiro atoms. The zero-order valence-corrected chi connectivity index (χ0v) is 12.2. The molecule has 1 N–H and O–H groups in total. The molecular weight excluding hydrogens is 224 g/mol. The van der Waals surface area contributed by atoms with Crippen molar-refractivity contribution in [3.63, 3.8) is 0 Å². The maximum Gasteiger partial charge on any atom is 0.251 e. The Kier molecular flexibility index (Phi) is 5.57. The minimum absolute atomic E-state index is 0.00107. The number of nitrogens with one attached hydrogen (secondary N) is 1. The van der Waals surface area contributed by atoms with E-state index in [2.05, 4.69) is 30.7 Å². The summed E-state index contributed by atoms with van der Waals surface area (Å²) in [5.74, 6) is 0.853. The Balaban J connectivity index is 2.82. The smallest absolute Gasteiger partial charge is 0.251 e. The predicted molar refractivity (Wildman–Crippen MR) is 76.0 cm³/mol. The molecule has 0 amide bonds. The maximum absolute atomic E-state index is 11.6. The highest BCUT2D eigenvalue weighted by atomic mass is 16.1. The second kappa shape index (κ2) is 6.72. The quantitative estimate of drug-likeness (QED) is 0.750. The number of rotatable bonds is 7. The summed E-state index contributed by atoms with van der Waals surface area (Å²) in [5.41, 5.74) is 0.770. The van der Waals surface area contributed by atoms with Crippen molar-refractivity contribution in [3.05, 3.63) is 27.9 Å². The first-order valence-electron chi connectivity index (χ1n) is 7.10. The van der Waals surface area contributed by atoms with Gasteiger partial charge >= 0.3 is 0 Å². The topological polar surface area (TPSA) is 45.8 Å². The van der Waals surface area contributed by atoms with Crippen LogP contribution in [0.15, 0.2) is 10.9 Å². The van der Waals surface area contributed by atoms with Gasteiger partial charge in [-0.1, -0.05) is 46.5 Å². The van der Waals surface area contributed by atoms with Crippen molar-refractivity contribution < 1.29 is 0 Å². The molecule has 0 saturated heterocycles. The van der Waals surface area contributed by atoms with E-state index < -0.39 is 0 Å². The van der Waals surface area contributed by atoms with Gasteiger partial charge in [0.2, 0.25) is 0 Å². The molecule has 1 atom stereocenters. The second-order valence-corrected chi connectivity index (χ2v) is 5.46.